The second kappa shape index (κ2) is 5.38. The van der Waals surface area contributed by atoms with Gasteiger partial charge in [-0.15, -0.1) is 0 Å². The summed E-state index contributed by atoms with van der Waals surface area (Å²) in [7, 11) is 0. The van der Waals surface area contributed by atoms with Crippen LogP contribution in [0.3, 0.4) is 0 Å². The van der Waals surface area contributed by atoms with E-state index in [1.807, 2.05) is 18.2 Å². The maximum absolute atomic E-state index is 11.9. The van der Waals surface area contributed by atoms with Crippen molar-refractivity contribution in [3.05, 3.63) is 18.2 Å². The average Bonchev–Trinajstić information content (AvgIpc) is 2.64. The van der Waals surface area contributed by atoms with Crippen molar-refractivity contribution in [2.75, 3.05) is 25.1 Å². The highest BCUT2D eigenvalue weighted by Gasteiger charge is 2.21. The molecular formula is C14H18N2O3. The molecule has 1 atom stereocenters. The predicted octanol–water partition coefficient (Wildman–Crippen LogP) is 1.54. The first-order valence-electron chi connectivity index (χ1n) is 6.77. The van der Waals surface area contributed by atoms with Crippen molar-refractivity contribution in [3.63, 3.8) is 0 Å². The Labute approximate surface area is 112 Å². The molecule has 1 fully saturated rings. The van der Waals surface area contributed by atoms with Gasteiger partial charge in [-0.05, 0) is 31.4 Å². The Morgan fingerprint density at radius 1 is 1.16 bits per heavy atom. The van der Waals surface area contributed by atoms with Crippen molar-refractivity contribution in [2.24, 2.45) is 0 Å². The number of carbonyl (C=O) groups is 1. The lowest BCUT2D eigenvalue weighted by Gasteiger charge is -2.21. The largest absolute Gasteiger partial charge is 0.486 e. The van der Waals surface area contributed by atoms with E-state index in [0.717, 1.165) is 43.0 Å². The summed E-state index contributed by atoms with van der Waals surface area (Å²) in [6.45, 7) is 1.93. The molecule has 3 rings (SSSR count). The van der Waals surface area contributed by atoms with Crippen LogP contribution in [0, 0.1) is 0 Å². The van der Waals surface area contributed by atoms with Gasteiger partial charge in [0.25, 0.3) is 0 Å². The second-order valence-electron chi connectivity index (χ2n) is 4.84. The zero-order valence-electron chi connectivity index (χ0n) is 10.8. The van der Waals surface area contributed by atoms with Crippen LogP contribution >= 0.6 is 0 Å². The maximum atomic E-state index is 11.9. The topological polar surface area (TPSA) is 59.6 Å². The Morgan fingerprint density at radius 2 is 2.00 bits per heavy atom. The molecule has 0 aliphatic carbocycles. The van der Waals surface area contributed by atoms with Gasteiger partial charge in [-0.25, -0.2) is 0 Å². The van der Waals surface area contributed by atoms with Crippen LogP contribution < -0.4 is 20.1 Å². The average molecular weight is 262 g/mol. The van der Waals surface area contributed by atoms with Gasteiger partial charge >= 0.3 is 0 Å². The molecule has 5 nitrogen and oxygen atoms in total. The zero-order chi connectivity index (χ0) is 13.1. The van der Waals surface area contributed by atoms with Crippen LogP contribution in [0.4, 0.5) is 5.69 Å². The van der Waals surface area contributed by atoms with Gasteiger partial charge in [-0.1, -0.05) is 0 Å². The minimum atomic E-state index is -0.162. The molecule has 0 saturated carbocycles. The van der Waals surface area contributed by atoms with Crippen molar-refractivity contribution < 1.29 is 14.3 Å². The molecule has 0 unspecified atom stereocenters. The third kappa shape index (κ3) is 2.75. The van der Waals surface area contributed by atoms with Gasteiger partial charge in [0.15, 0.2) is 11.5 Å². The summed E-state index contributed by atoms with van der Waals surface area (Å²) in [5.41, 5.74) is 0.895. The molecule has 2 aliphatic rings. The summed E-state index contributed by atoms with van der Waals surface area (Å²) in [4.78, 5) is 11.9. The molecule has 2 heterocycles. The van der Waals surface area contributed by atoms with E-state index < -0.39 is 0 Å². The highest BCUT2D eigenvalue weighted by atomic mass is 16.6. The number of rotatable bonds is 2. The van der Waals surface area contributed by atoms with Crippen LogP contribution in [0.5, 0.6) is 11.5 Å². The van der Waals surface area contributed by atoms with Crippen molar-refractivity contribution in [2.45, 2.75) is 25.3 Å². The summed E-state index contributed by atoms with van der Waals surface area (Å²) in [6, 6.07) is 5.54. The Hall–Kier alpha value is -1.91. The van der Waals surface area contributed by atoms with E-state index in [9.17, 15) is 4.79 Å². The lowest BCUT2D eigenvalue weighted by atomic mass is 10.1. The molecule has 0 radical (unpaired) electrons. The number of hydrogen-bond donors (Lipinski definition) is 2. The monoisotopic (exact) mass is 262 g/mol. The normalized spacial score (nSPS) is 22.3. The molecule has 1 aromatic carbocycles. The van der Waals surface area contributed by atoms with Gasteiger partial charge < -0.3 is 20.1 Å². The highest BCUT2D eigenvalue weighted by molar-refractivity contribution is 5.84. The molecule has 1 amide bonds. The van der Waals surface area contributed by atoms with Crippen LogP contribution in [0.15, 0.2) is 18.2 Å². The van der Waals surface area contributed by atoms with Crippen molar-refractivity contribution in [3.8, 4) is 11.5 Å². The Kier molecular flexibility index (Phi) is 3.44. The van der Waals surface area contributed by atoms with E-state index in [4.69, 9.17) is 9.47 Å². The van der Waals surface area contributed by atoms with E-state index in [2.05, 4.69) is 10.6 Å². The summed E-state index contributed by atoms with van der Waals surface area (Å²) in [6.07, 6.45) is 2.96. The first-order valence-corrected chi connectivity index (χ1v) is 6.77. The molecule has 102 valence electrons. The van der Waals surface area contributed by atoms with E-state index in [0.29, 0.717) is 13.2 Å². The SMILES string of the molecule is O=C1NCCCC[C@H]1Nc1ccc2c(c1)OCCO2. The quantitative estimate of drug-likeness (QED) is 0.848. The fourth-order valence-electron chi connectivity index (χ4n) is 2.41. The number of anilines is 1. The van der Waals surface area contributed by atoms with Gasteiger partial charge in [0, 0.05) is 18.3 Å². The van der Waals surface area contributed by atoms with Crippen molar-refractivity contribution in [1.82, 2.24) is 5.32 Å². The molecule has 0 aromatic heterocycles. The number of nitrogens with one attached hydrogen (secondary N) is 2. The number of benzene rings is 1. The highest BCUT2D eigenvalue weighted by Crippen LogP contribution is 2.33. The van der Waals surface area contributed by atoms with Crippen LogP contribution in [0.1, 0.15) is 19.3 Å². The summed E-state index contributed by atoms with van der Waals surface area (Å²) in [5.74, 6) is 1.58. The molecule has 5 heteroatoms. The van der Waals surface area contributed by atoms with Crippen LogP contribution in [0.25, 0.3) is 0 Å². The smallest absolute Gasteiger partial charge is 0.242 e. The maximum Gasteiger partial charge on any atom is 0.242 e. The molecule has 0 spiro atoms. The van der Waals surface area contributed by atoms with Gasteiger partial charge in [0.2, 0.25) is 5.91 Å². The molecule has 1 saturated heterocycles. The fourth-order valence-corrected chi connectivity index (χ4v) is 2.41. The Morgan fingerprint density at radius 3 is 2.89 bits per heavy atom. The standard InChI is InChI=1S/C14H18N2O3/c17-14-11(3-1-2-6-15-14)16-10-4-5-12-13(9-10)19-8-7-18-12/h4-5,9,11,16H,1-3,6-8H2,(H,15,17)/t11-/m1/s1. The molecule has 1 aromatic rings. The Bertz CT molecular complexity index is 476. The second-order valence-corrected chi connectivity index (χ2v) is 4.84. The van der Waals surface area contributed by atoms with E-state index >= 15 is 0 Å². The van der Waals surface area contributed by atoms with E-state index in [1.165, 1.54) is 0 Å². The Balaban J connectivity index is 1.73. The lowest BCUT2D eigenvalue weighted by Crippen LogP contribution is -2.37. The first-order chi connectivity index (χ1) is 9.33. The molecular weight excluding hydrogens is 244 g/mol. The van der Waals surface area contributed by atoms with E-state index in [1.54, 1.807) is 0 Å². The van der Waals surface area contributed by atoms with Gasteiger partial charge in [-0.3, -0.25) is 4.79 Å². The van der Waals surface area contributed by atoms with Crippen LogP contribution in [-0.4, -0.2) is 31.7 Å². The fraction of sp³-hybridized carbons (Fsp3) is 0.500. The first kappa shape index (κ1) is 12.1. The summed E-state index contributed by atoms with van der Waals surface area (Å²) >= 11 is 0. The lowest BCUT2D eigenvalue weighted by molar-refractivity contribution is -0.121. The predicted molar refractivity (Wildman–Crippen MR) is 71.7 cm³/mol. The molecule has 2 N–H and O–H groups in total. The van der Waals surface area contributed by atoms with Crippen molar-refractivity contribution >= 4 is 11.6 Å². The third-order valence-electron chi connectivity index (χ3n) is 3.42. The van der Waals surface area contributed by atoms with Crippen LogP contribution in [0.2, 0.25) is 0 Å². The minimum Gasteiger partial charge on any atom is -0.486 e. The number of hydrogen-bond acceptors (Lipinski definition) is 4. The third-order valence-corrected chi connectivity index (χ3v) is 3.42. The number of fused-ring (bicyclic) bond motifs is 1. The van der Waals surface area contributed by atoms with Gasteiger partial charge in [-0.2, -0.15) is 0 Å². The molecule has 19 heavy (non-hydrogen) atoms. The van der Waals surface area contributed by atoms with Gasteiger partial charge in [0.1, 0.15) is 19.3 Å². The number of carbonyl (C=O) groups excluding carboxylic acids is 1. The molecule has 2 aliphatic heterocycles. The summed E-state index contributed by atoms with van der Waals surface area (Å²) < 4.78 is 11.0. The summed E-state index contributed by atoms with van der Waals surface area (Å²) in [5, 5.41) is 6.19. The van der Waals surface area contributed by atoms with Crippen LogP contribution in [-0.2, 0) is 4.79 Å². The van der Waals surface area contributed by atoms with E-state index in [-0.39, 0.29) is 11.9 Å². The van der Waals surface area contributed by atoms with Crippen molar-refractivity contribution in [1.29, 1.82) is 0 Å². The number of amides is 1. The zero-order valence-corrected chi connectivity index (χ0v) is 10.8. The number of ether oxygens (including phenoxy) is 2. The van der Waals surface area contributed by atoms with Gasteiger partial charge in [0.05, 0.1) is 0 Å². The molecule has 0 bridgehead atoms. The minimum absolute atomic E-state index is 0.0763.